The summed E-state index contributed by atoms with van der Waals surface area (Å²) in [5.74, 6) is 1.62. The third-order valence-corrected chi connectivity index (χ3v) is 8.64. The van der Waals surface area contributed by atoms with Crippen LogP contribution in [0.4, 0.5) is 18.9 Å². The van der Waals surface area contributed by atoms with Crippen molar-refractivity contribution in [2.75, 3.05) is 5.32 Å². The Morgan fingerprint density at radius 3 is 2.77 bits per heavy atom. The zero-order chi connectivity index (χ0) is 29.6. The van der Waals surface area contributed by atoms with Gasteiger partial charge in [0.15, 0.2) is 5.69 Å². The maximum atomic E-state index is 13.6. The van der Waals surface area contributed by atoms with Gasteiger partial charge in [-0.15, -0.1) is 5.10 Å². The number of hydrogen-bond acceptors (Lipinski definition) is 6. The Balaban J connectivity index is 1.15. The van der Waals surface area contributed by atoms with Gasteiger partial charge < -0.3 is 10.3 Å². The molecule has 0 spiro atoms. The summed E-state index contributed by atoms with van der Waals surface area (Å²) in [6.07, 6.45) is 0.576. The molecule has 0 radical (unpaired) electrons. The number of aryl methyl sites for hydroxylation is 1. The molecule has 3 atom stereocenters. The first-order chi connectivity index (χ1) is 20.6. The van der Waals surface area contributed by atoms with E-state index in [1.54, 1.807) is 16.8 Å². The van der Waals surface area contributed by atoms with Crippen LogP contribution in [0.25, 0.3) is 28.3 Å². The van der Waals surface area contributed by atoms with Crippen LogP contribution in [-0.4, -0.2) is 34.5 Å². The minimum atomic E-state index is -4.65. The summed E-state index contributed by atoms with van der Waals surface area (Å²) in [6.45, 7) is 4.02. The van der Waals surface area contributed by atoms with Crippen molar-refractivity contribution >= 4 is 17.3 Å². The van der Waals surface area contributed by atoms with Crippen LogP contribution >= 0.6 is 11.6 Å². The summed E-state index contributed by atoms with van der Waals surface area (Å²) in [5, 5.41) is 10.6. The monoisotopic (exact) mass is 602 g/mol. The van der Waals surface area contributed by atoms with Crippen molar-refractivity contribution in [3.8, 4) is 28.3 Å². The first-order valence-corrected chi connectivity index (χ1v) is 14.1. The molecule has 0 saturated heterocycles. The number of benzene rings is 2. The molecule has 3 aromatic heterocycles. The summed E-state index contributed by atoms with van der Waals surface area (Å²) in [5.41, 5.74) is 4.60. The summed E-state index contributed by atoms with van der Waals surface area (Å²) < 4.78 is 42.3. The van der Waals surface area contributed by atoms with Crippen LogP contribution in [0.1, 0.15) is 47.6 Å². The fourth-order valence-corrected chi connectivity index (χ4v) is 6.45. The number of fused-ring (bicyclic) bond motifs is 4. The molecule has 1 aliphatic carbocycles. The third kappa shape index (κ3) is 4.27. The molecular weight excluding hydrogens is 581 g/mol. The van der Waals surface area contributed by atoms with Crippen molar-refractivity contribution in [2.24, 2.45) is 5.92 Å². The predicted molar refractivity (Wildman–Crippen MR) is 153 cm³/mol. The number of aromatic nitrogens is 7. The lowest BCUT2D eigenvalue weighted by atomic mass is 9.99. The molecule has 1 fully saturated rings. The number of anilines is 1. The number of alkyl halides is 3. The molecule has 216 valence electrons. The second kappa shape index (κ2) is 9.14. The molecule has 1 saturated carbocycles. The van der Waals surface area contributed by atoms with Crippen LogP contribution in [0.5, 0.6) is 0 Å². The molecule has 5 aromatic rings. The lowest BCUT2D eigenvalue weighted by molar-refractivity contribution is -0.141. The van der Waals surface area contributed by atoms with Crippen molar-refractivity contribution in [2.45, 2.75) is 37.4 Å². The Morgan fingerprint density at radius 1 is 1.09 bits per heavy atom. The number of halogens is 4. The molecule has 2 aliphatic heterocycles. The highest BCUT2D eigenvalue weighted by Gasteiger charge is 2.55. The van der Waals surface area contributed by atoms with E-state index in [2.05, 4.69) is 38.2 Å². The molecule has 3 unspecified atom stereocenters. The number of allylic oxidation sites excluding steroid dienone is 1. The van der Waals surface area contributed by atoms with Gasteiger partial charge in [0.25, 0.3) is 5.56 Å². The molecule has 8 rings (SSSR count). The lowest BCUT2D eigenvalue weighted by Crippen LogP contribution is -2.27. The van der Waals surface area contributed by atoms with Crippen molar-refractivity contribution in [1.29, 1.82) is 0 Å². The maximum Gasteiger partial charge on any atom is 0.436 e. The molecule has 43 heavy (non-hydrogen) atoms. The number of aromatic amines is 1. The van der Waals surface area contributed by atoms with E-state index >= 15 is 0 Å². The number of rotatable bonds is 4. The molecule has 9 nitrogen and oxygen atoms in total. The minimum absolute atomic E-state index is 0.0816. The summed E-state index contributed by atoms with van der Waals surface area (Å²) >= 11 is 6.27. The van der Waals surface area contributed by atoms with E-state index in [0.717, 1.165) is 58.6 Å². The van der Waals surface area contributed by atoms with Gasteiger partial charge in [-0.3, -0.25) is 9.36 Å². The zero-order valence-corrected chi connectivity index (χ0v) is 23.1. The van der Waals surface area contributed by atoms with Crippen LogP contribution in [0, 0.1) is 5.92 Å². The van der Waals surface area contributed by atoms with Crippen molar-refractivity contribution < 1.29 is 13.2 Å². The summed E-state index contributed by atoms with van der Waals surface area (Å²) in [7, 11) is 0. The van der Waals surface area contributed by atoms with E-state index in [4.69, 9.17) is 16.6 Å². The second-order valence-electron chi connectivity index (χ2n) is 11.2. The Labute approximate surface area is 247 Å². The van der Waals surface area contributed by atoms with E-state index in [1.807, 2.05) is 12.1 Å². The molecular formula is C30H22ClF3N8O. The largest absolute Gasteiger partial charge is 0.436 e. The molecule has 0 amide bonds. The van der Waals surface area contributed by atoms with Crippen molar-refractivity contribution in [3.63, 3.8) is 0 Å². The molecule has 3 aliphatic rings. The van der Waals surface area contributed by atoms with Gasteiger partial charge in [-0.05, 0) is 67.1 Å². The average Bonchev–Trinajstić information content (AvgIpc) is 3.30. The topological polar surface area (TPSA) is 106 Å². The average molecular weight is 603 g/mol. The quantitative estimate of drug-likeness (QED) is 0.256. The molecule has 0 bridgehead atoms. The van der Waals surface area contributed by atoms with Crippen LogP contribution in [0.2, 0.25) is 5.02 Å². The van der Waals surface area contributed by atoms with Crippen LogP contribution < -0.4 is 10.9 Å². The smallest absolute Gasteiger partial charge is 0.359 e. The van der Waals surface area contributed by atoms with E-state index in [-0.39, 0.29) is 29.1 Å². The summed E-state index contributed by atoms with van der Waals surface area (Å²) in [6, 6.07) is 11.9. The normalized spacial score (nSPS) is 20.4. The van der Waals surface area contributed by atoms with Gasteiger partial charge in [-0.2, -0.15) is 13.2 Å². The first kappa shape index (κ1) is 26.0. The van der Waals surface area contributed by atoms with Gasteiger partial charge in [-0.1, -0.05) is 23.4 Å². The van der Waals surface area contributed by atoms with Crippen molar-refractivity contribution in [1.82, 2.24) is 34.5 Å². The number of nitrogens with zero attached hydrogens (tertiary/aromatic N) is 6. The fraction of sp³-hybridized carbons (Fsp3) is 0.233. The Hall–Kier alpha value is -4.71. The van der Waals surface area contributed by atoms with Crippen LogP contribution in [0.3, 0.4) is 0 Å². The van der Waals surface area contributed by atoms with Crippen LogP contribution in [-0.2, 0) is 12.6 Å². The first-order valence-electron chi connectivity index (χ1n) is 13.7. The predicted octanol–water partition coefficient (Wildman–Crippen LogP) is 6.13. The molecule has 5 heterocycles. The standard InChI is InChI=1S/C30H22ClF3N8O/c1-14-2-3-15-8-16(4-6-21(15)36-14)28-35-12-23(37-28)27-18-10-19(18)29-38-22(11-26(43)42(27)29)20-9-17(31)5-7-24(20)41-13-25(39-40-41)30(32,33)34/h4-9,11-13,18-19,27,36H,1-3,10H2,(H,35,37). The van der Waals surface area contributed by atoms with Gasteiger partial charge in [0.2, 0.25) is 0 Å². The lowest BCUT2D eigenvalue weighted by Gasteiger charge is -2.20. The van der Waals surface area contributed by atoms with E-state index < -0.39 is 11.9 Å². The number of hydrogen-bond donors (Lipinski definition) is 2. The second-order valence-corrected chi connectivity index (χ2v) is 11.6. The third-order valence-electron chi connectivity index (χ3n) is 8.40. The SMILES string of the molecule is C=C1CCc2cc(-c3ncc(C4C5CC5c5nc(-c6cc(Cl)ccc6-n6cc(C(F)(F)F)nn6)cc(=O)n54)[nH]3)ccc2N1. The van der Waals surface area contributed by atoms with Gasteiger partial charge in [0, 0.05) is 39.5 Å². The molecule has 2 N–H and O–H groups in total. The van der Waals surface area contributed by atoms with Crippen molar-refractivity contribution in [3.05, 3.63) is 105 Å². The highest BCUT2D eigenvalue weighted by molar-refractivity contribution is 6.31. The minimum Gasteiger partial charge on any atom is -0.359 e. The Kier molecular flexibility index (Phi) is 5.52. The van der Waals surface area contributed by atoms with Gasteiger partial charge in [0.1, 0.15) is 11.6 Å². The van der Waals surface area contributed by atoms with Gasteiger partial charge in [-0.25, -0.2) is 14.6 Å². The highest BCUT2D eigenvalue weighted by atomic mass is 35.5. The van der Waals surface area contributed by atoms with E-state index in [1.165, 1.54) is 23.8 Å². The van der Waals surface area contributed by atoms with Crippen LogP contribution in [0.15, 0.2) is 71.9 Å². The van der Waals surface area contributed by atoms with E-state index in [0.29, 0.717) is 22.1 Å². The molecule has 13 heteroatoms. The zero-order valence-electron chi connectivity index (χ0n) is 22.4. The fourth-order valence-electron chi connectivity index (χ4n) is 6.28. The van der Waals surface area contributed by atoms with Gasteiger partial charge >= 0.3 is 6.18 Å². The van der Waals surface area contributed by atoms with Gasteiger partial charge in [0.05, 0.1) is 35.5 Å². The molecule has 2 aromatic carbocycles. The van der Waals surface area contributed by atoms with E-state index in [9.17, 15) is 18.0 Å². The maximum absolute atomic E-state index is 13.6. The Morgan fingerprint density at radius 2 is 1.95 bits per heavy atom. The number of imidazole rings is 1. The highest BCUT2D eigenvalue weighted by Crippen LogP contribution is 2.60. The summed E-state index contributed by atoms with van der Waals surface area (Å²) in [4.78, 5) is 26.6. The number of H-pyrrole nitrogens is 1. The Bertz CT molecular complexity index is 2030. The number of nitrogens with one attached hydrogen (secondary N) is 2.